The highest BCUT2D eigenvalue weighted by Gasteiger charge is 2.36. The second kappa shape index (κ2) is 8.97. The van der Waals surface area contributed by atoms with Crippen LogP contribution < -0.4 is 9.62 Å². The van der Waals surface area contributed by atoms with Gasteiger partial charge in [0.05, 0.1) is 11.9 Å². The lowest BCUT2D eigenvalue weighted by Crippen LogP contribution is -2.51. The third kappa shape index (κ3) is 4.97. The van der Waals surface area contributed by atoms with Crippen molar-refractivity contribution in [2.45, 2.75) is 31.2 Å². The van der Waals surface area contributed by atoms with E-state index in [0.717, 1.165) is 19.1 Å². The Hall–Kier alpha value is -2.38. The Morgan fingerprint density at radius 1 is 1.07 bits per heavy atom. The number of anilines is 1. The largest absolute Gasteiger partial charge is 0.381 e. The molecule has 1 aliphatic rings. The second-order valence-corrected chi connectivity index (χ2v) is 9.41. The number of hydrogen-bond donors (Lipinski definition) is 1. The van der Waals surface area contributed by atoms with E-state index in [1.807, 2.05) is 24.3 Å². The van der Waals surface area contributed by atoms with Crippen molar-refractivity contribution in [1.82, 2.24) is 5.32 Å². The first-order valence-corrected chi connectivity index (χ1v) is 11.6. The van der Waals surface area contributed by atoms with Gasteiger partial charge in [-0.05, 0) is 37.5 Å². The van der Waals surface area contributed by atoms with Crippen molar-refractivity contribution in [2.24, 2.45) is 0 Å². The van der Waals surface area contributed by atoms with Crippen molar-refractivity contribution >= 4 is 21.6 Å². The first kappa shape index (κ1) is 21.3. The zero-order valence-corrected chi connectivity index (χ0v) is 17.7. The van der Waals surface area contributed by atoms with Crippen LogP contribution in [0.5, 0.6) is 0 Å². The molecule has 0 unspecified atom stereocenters. The van der Waals surface area contributed by atoms with Gasteiger partial charge in [-0.15, -0.1) is 0 Å². The summed E-state index contributed by atoms with van der Waals surface area (Å²) in [5.41, 5.74) is 1.43. The first-order chi connectivity index (χ1) is 13.8. The Morgan fingerprint density at radius 2 is 1.62 bits per heavy atom. The number of rotatable bonds is 7. The summed E-state index contributed by atoms with van der Waals surface area (Å²) in [6, 6.07) is 18.0. The number of carbonyl (C=O) groups is 1. The van der Waals surface area contributed by atoms with Gasteiger partial charge in [0.2, 0.25) is 15.9 Å². The number of nitrogens with one attached hydrogen (secondary N) is 1. The van der Waals surface area contributed by atoms with Crippen molar-refractivity contribution in [3.8, 4) is 0 Å². The van der Waals surface area contributed by atoms with Gasteiger partial charge >= 0.3 is 0 Å². The predicted octanol–water partition coefficient (Wildman–Crippen LogP) is 2.71. The van der Waals surface area contributed by atoms with Crippen LogP contribution in [0.3, 0.4) is 0 Å². The quantitative estimate of drug-likeness (QED) is 0.753. The van der Waals surface area contributed by atoms with Crippen LogP contribution in [0.15, 0.2) is 60.7 Å². The fraction of sp³-hybridized carbons (Fsp3) is 0.409. The summed E-state index contributed by atoms with van der Waals surface area (Å²) in [5, 5.41) is 3.01. The van der Waals surface area contributed by atoms with E-state index in [1.54, 1.807) is 31.2 Å². The molecule has 156 valence electrons. The van der Waals surface area contributed by atoms with E-state index in [-0.39, 0.29) is 11.3 Å². The maximum Gasteiger partial charge on any atom is 0.243 e. The number of amides is 1. The standard InChI is InChI=1S/C22H28N2O4S/c1-18(24(29(2,26)27)20-11-7-4-8-12-20)21(25)23-17-22(13-15-28-16-14-22)19-9-5-3-6-10-19/h3-12,18H,13-17H2,1-2H3,(H,23,25)/t18-/m1/s1. The van der Waals surface area contributed by atoms with Crippen LogP contribution >= 0.6 is 0 Å². The molecule has 0 saturated carbocycles. The number of carbonyl (C=O) groups excluding carboxylic acids is 1. The molecule has 3 rings (SSSR count). The average Bonchev–Trinajstić information content (AvgIpc) is 2.73. The zero-order valence-electron chi connectivity index (χ0n) is 16.9. The van der Waals surface area contributed by atoms with E-state index in [4.69, 9.17) is 4.74 Å². The van der Waals surface area contributed by atoms with Gasteiger partial charge in [0.15, 0.2) is 0 Å². The van der Waals surface area contributed by atoms with E-state index in [9.17, 15) is 13.2 Å². The fourth-order valence-corrected chi connectivity index (χ4v) is 5.08. The van der Waals surface area contributed by atoms with Gasteiger partial charge in [0.1, 0.15) is 6.04 Å². The van der Waals surface area contributed by atoms with Crippen molar-refractivity contribution in [3.05, 3.63) is 66.2 Å². The lowest BCUT2D eigenvalue weighted by atomic mass is 9.74. The molecule has 0 aromatic heterocycles. The van der Waals surface area contributed by atoms with Crippen LogP contribution in [0, 0.1) is 0 Å². The summed E-state index contributed by atoms with van der Waals surface area (Å²) in [6.07, 6.45) is 2.73. The number of sulfonamides is 1. The molecule has 2 aromatic carbocycles. The second-order valence-electron chi connectivity index (χ2n) is 7.55. The molecule has 7 heteroatoms. The average molecular weight is 417 g/mol. The summed E-state index contributed by atoms with van der Waals surface area (Å²) in [5.74, 6) is -0.318. The molecule has 1 amide bonds. The van der Waals surface area contributed by atoms with Gasteiger partial charge < -0.3 is 10.1 Å². The SMILES string of the molecule is C[C@H](C(=O)NCC1(c2ccccc2)CCOCC1)N(c1ccccc1)S(C)(=O)=O. The lowest BCUT2D eigenvalue weighted by Gasteiger charge is -2.38. The Balaban J connectivity index is 1.79. The summed E-state index contributed by atoms with van der Waals surface area (Å²) in [7, 11) is -3.62. The maximum absolute atomic E-state index is 13.0. The monoisotopic (exact) mass is 416 g/mol. The van der Waals surface area contributed by atoms with Crippen LogP contribution in [-0.2, 0) is 25.0 Å². The molecule has 1 heterocycles. The van der Waals surface area contributed by atoms with E-state index in [2.05, 4.69) is 17.4 Å². The number of benzene rings is 2. The zero-order chi connectivity index (χ0) is 20.9. The molecule has 1 aliphatic heterocycles. The molecule has 1 atom stereocenters. The van der Waals surface area contributed by atoms with Crippen LogP contribution in [0.4, 0.5) is 5.69 Å². The van der Waals surface area contributed by atoms with Crippen molar-refractivity contribution in [2.75, 3.05) is 30.3 Å². The molecule has 1 N–H and O–H groups in total. The van der Waals surface area contributed by atoms with Crippen LogP contribution in [-0.4, -0.2) is 46.4 Å². The normalized spacial score (nSPS) is 17.3. The first-order valence-electron chi connectivity index (χ1n) is 9.79. The summed E-state index contributed by atoms with van der Waals surface area (Å²) >= 11 is 0. The van der Waals surface area contributed by atoms with Gasteiger partial charge in [-0.25, -0.2) is 8.42 Å². The Labute approximate surface area is 172 Å². The molecule has 0 spiro atoms. The topological polar surface area (TPSA) is 75.7 Å². The van der Waals surface area contributed by atoms with E-state index in [1.165, 1.54) is 9.87 Å². The van der Waals surface area contributed by atoms with Crippen LogP contribution in [0.25, 0.3) is 0 Å². The van der Waals surface area contributed by atoms with Gasteiger partial charge in [0.25, 0.3) is 0 Å². The lowest BCUT2D eigenvalue weighted by molar-refractivity contribution is -0.122. The Morgan fingerprint density at radius 3 is 2.17 bits per heavy atom. The molecular formula is C22H28N2O4S. The van der Waals surface area contributed by atoms with E-state index >= 15 is 0 Å². The third-order valence-electron chi connectivity index (χ3n) is 5.54. The highest BCUT2D eigenvalue weighted by Crippen LogP contribution is 2.34. The minimum Gasteiger partial charge on any atom is -0.381 e. The van der Waals surface area contributed by atoms with Gasteiger partial charge in [0, 0.05) is 25.2 Å². The summed E-state index contributed by atoms with van der Waals surface area (Å²) in [6.45, 7) is 3.33. The van der Waals surface area contributed by atoms with E-state index < -0.39 is 16.1 Å². The van der Waals surface area contributed by atoms with Crippen molar-refractivity contribution in [1.29, 1.82) is 0 Å². The Kier molecular flexibility index (Phi) is 6.59. The fourth-order valence-electron chi connectivity index (χ4n) is 3.91. The van der Waals surface area contributed by atoms with Crippen molar-refractivity contribution in [3.63, 3.8) is 0 Å². The highest BCUT2D eigenvalue weighted by atomic mass is 32.2. The maximum atomic E-state index is 13.0. The van der Waals surface area contributed by atoms with Crippen LogP contribution in [0.2, 0.25) is 0 Å². The molecule has 0 aliphatic carbocycles. The highest BCUT2D eigenvalue weighted by molar-refractivity contribution is 7.92. The summed E-state index contributed by atoms with van der Waals surface area (Å²) in [4.78, 5) is 13.0. The predicted molar refractivity (Wildman–Crippen MR) is 114 cm³/mol. The molecule has 1 fully saturated rings. The molecule has 0 radical (unpaired) electrons. The van der Waals surface area contributed by atoms with Gasteiger partial charge in [-0.2, -0.15) is 0 Å². The number of para-hydroxylation sites is 1. The van der Waals surface area contributed by atoms with E-state index in [0.29, 0.717) is 25.4 Å². The molecule has 29 heavy (non-hydrogen) atoms. The molecule has 0 bridgehead atoms. The van der Waals surface area contributed by atoms with Crippen LogP contribution in [0.1, 0.15) is 25.3 Å². The molecular weight excluding hydrogens is 388 g/mol. The Bertz CT molecular complexity index is 910. The van der Waals surface area contributed by atoms with Gasteiger partial charge in [-0.3, -0.25) is 9.10 Å². The van der Waals surface area contributed by atoms with Crippen molar-refractivity contribution < 1.29 is 17.9 Å². The third-order valence-corrected chi connectivity index (χ3v) is 6.78. The number of hydrogen-bond acceptors (Lipinski definition) is 4. The molecule has 6 nitrogen and oxygen atoms in total. The smallest absolute Gasteiger partial charge is 0.243 e. The van der Waals surface area contributed by atoms with Gasteiger partial charge in [-0.1, -0.05) is 48.5 Å². The number of nitrogens with zero attached hydrogens (tertiary/aromatic N) is 1. The summed E-state index contributed by atoms with van der Waals surface area (Å²) < 4.78 is 31.5. The minimum atomic E-state index is -3.62. The number of ether oxygens (including phenoxy) is 1. The molecule has 1 saturated heterocycles. The minimum absolute atomic E-state index is 0.211. The molecule has 2 aromatic rings.